The predicted molar refractivity (Wildman–Crippen MR) is 74.0 cm³/mol. The summed E-state index contributed by atoms with van der Waals surface area (Å²) in [4.78, 5) is 0. The number of nitrogens with zero attached hydrogens (tertiary/aromatic N) is 4. The number of benzene rings is 1. The van der Waals surface area contributed by atoms with Gasteiger partial charge in [-0.3, -0.25) is 0 Å². The third-order valence-corrected chi connectivity index (χ3v) is 4.41. The van der Waals surface area contributed by atoms with Crippen molar-refractivity contribution in [2.75, 3.05) is 5.73 Å². The number of hydrogen-bond donors (Lipinski definition) is 1. The SMILES string of the molecule is Cc1cc(-c2nnnn2C2CC3CCC2O3)ccc1N. The Morgan fingerprint density at radius 1 is 1.35 bits per heavy atom. The zero-order valence-corrected chi connectivity index (χ0v) is 11.4. The molecule has 104 valence electrons. The molecule has 4 rings (SSSR count). The molecule has 2 N–H and O–H groups in total. The van der Waals surface area contributed by atoms with Crippen LogP contribution in [0.4, 0.5) is 5.69 Å². The monoisotopic (exact) mass is 271 g/mol. The highest BCUT2D eigenvalue weighted by molar-refractivity contribution is 5.62. The summed E-state index contributed by atoms with van der Waals surface area (Å²) in [6, 6.07) is 6.17. The summed E-state index contributed by atoms with van der Waals surface area (Å²) in [6.45, 7) is 1.99. The number of fused-ring (bicyclic) bond motifs is 2. The molecule has 0 amide bonds. The maximum Gasteiger partial charge on any atom is 0.182 e. The third kappa shape index (κ3) is 1.71. The smallest absolute Gasteiger partial charge is 0.182 e. The summed E-state index contributed by atoms with van der Waals surface area (Å²) in [7, 11) is 0. The Morgan fingerprint density at radius 2 is 2.25 bits per heavy atom. The third-order valence-electron chi connectivity index (χ3n) is 4.41. The van der Waals surface area contributed by atoms with Gasteiger partial charge in [-0.05, 0) is 60.4 Å². The topological polar surface area (TPSA) is 78.8 Å². The summed E-state index contributed by atoms with van der Waals surface area (Å²) in [5, 5.41) is 12.2. The van der Waals surface area contributed by atoms with Crippen LogP contribution in [-0.2, 0) is 4.74 Å². The molecular weight excluding hydrogens is 254 g/mol. The van der Waals surface area contributed by atoms with E-state index in [-0.39, 0.29) is 12.1 Å². The maximum atomic E-state index is 5.91. The van der Waals surface area contributed by atoms with E-state index in [1.165, 1.54) is 6.42 Å². The van der Waals surface area contributed by atoms with Crippen LogP contribution in [0, 0.1) is 6.92 Å². The molecule has 2 bridgehead atoms. The molecule has 6 heteroatoms. The van der Waals surface area contributed by atoms with E-state index >= 15 is 0 Å². The van der Waals surface area contributed by atoms with Gasteiger partial charge >= 0.3 is 0 Å². The van der Waals surface area contributed by atoms with Gasteiger partial charge in [0, 0.05) is 11.3 Å². The maximum absolute atomic E-state index is 5.91. The lowest BCUT2D eigenvalue weighted by Gasteiger charge is -2.19. The van der Waals surface area contributed by atoms with E-state index in [0.717, 1.165) is 35.5 Å². The minimum Gasteiger partial charge on any atom is -0.399 e. The lowest BCUT2D eigenvalue weighted by Crippen LogP contribution is -2.22. The molecular formula is C14H17N5O. The molecule has 2 fully saturated rings. The van der Waals surface area contributed by atoms with Crippen LogP contribution in [0.5, 0.6) is 0 Å². The average molecular weight is 271 g/mol. The van der Waals surface area contributed by atoms with Crippen LogP contribution < -0.4 is 5.73 Å². The number of hydrogen-bond acceptors (Lipinski definition) is 5. The van der Waals surface area contributed by atoms with E-state index in [4.69, 9.17) is 10.5 Å². The molecule has 0 spiro atoms. The predicted octanol–water partition coefficient (Wildman–Crippen LogP) is 1.72. The first kappa shape index (κ1) is 11.8. The molecule has 2 saturated heterocycles. The second kappa shape index (κ2) is 4.28. The molecule has 3 heterocycles. The van der Waals surface area contributed by atoms with E-state index in [1.807, 2.05) is 29.8 Å². The van der Waals surface area contributed by atoms with Gasteiger partial charge in [0.25, 0.3) is 0 Å². The van der Waals surface area contributed by atoms with Gasteiger partial charge in [-0.25, -0.2) is 4.68 Å². The van der Waals surface area contributed by atoms with Gasteiger partial charge in [0.2, 0.25) is 0 Å². The standard InChI is InChI=1S/C14H17N5O/c1-8-6-9(2-4-11(8)15)14-16-17-18-19(14)12-7-10-3-5-13(12)20-10/h2,4,6,10,12-13H,3,5,7,15H2,1H3. The van der Waals surface area contributed by atoms with Crippen molar-refractivity contribution in [3.63, 3.8) is 0 Å². The minimum atomic E-state index is 0.261. The van der Waals surface area contributed by atoms with E-state index in [0.29, 0.717) is 6.10 Å². The highest BCUT2D eigenvalue weighted by atomic mass is 16.5. The molecule has 3 unspecified atom stereocenters. The highest BCUT2D eigenvalue weighted by Gasteiger charge is 2.43. The number of tetrazole rings is 1. The average Bonchev–Trinajstić information content (AvgIpc) is 3.16. The van der Waals surface area contributed by atoms with Gasteiger partial charge in [-0.2, -0.15) is 0 Å². The molecule has 0 radical (unpaired) electrons. The number of rotatable bonds is 2. The summed E-state index contributed by atoms with van der Waals surface area (Å²) < 4.78 is 7.83. The van der Waals surface area contributed by atoms with Crippen molar-refractivity contribution in [1.29, 1.82) is 0 Å². The lowest BCUT2D eigenvalue weighted by atomic mass is 9.95. The number of anilines is 1. The largest absolute Gasteiger partial charge is 0.399 e. The van der Waals surface area contributed by atoms with Gasteiger partial charge in [0.15, 0.2) is 5.82 Å². The fraction of sp³-hybridized carbons (Fsp3) is 0.500. The van der Waals surface area contributed by atoms with E-state index in [1.54, 1.807) is 0 Å². The molecule has 20 heavy (non-hydrogen) atoms. The molecule has 6 nitrogen and oxygen atoms in total. The molecule has 0 saturated carbocycles. The number of ether oxygens (including phenoxy) is 1. The highest BCUT2D eigenvalue weighted by Crippen LogP contribution is 2.42. The fourth-order valence-corrected chi connectivity index (χ4v) is 3.29. The van der Waals surface area contributed by atoms with Crippen LogP contribution in [-0.4, -0.2) is 32.4 Å². The number of nitrogen functional groups attached to an aromatic ring is 1. The summed E-state index contributed by atoms with van der Waals surface area (Å²) in [6.07, 6.45) is 3.93. The van der Waals surface area contributed by atoms with Crippen LogP contribution in [0.25, 0.3) is 11.4 Å². The van der Waals surface area contributed by atoms with Crippen molar-refractivity contribution < 1.29 is 4.74 Å². The molecule has 2 aromatic rings. The number of aryl methyl sites for hydroxylation is 1. The van der Waals surface area contributed by atoms with E-state index in [2.05, 4.69) is 15.5 Å². The van der Waals surface area contributed by atoms with E-state index in [9.17, 15) is 0 Å². The van der Waals surface area contributed by atoms with Gasteiger partial charge in [-0.15, -0.1) is 5.10 Å². The fourth-order valence-electron chi connectivity index (χ4n) is 3.29. The Hall–Kier alpha value is -1.95. The van der Waals surface area contributed by atoms with Crippen LogP contribution in [0.2, 0.25) is 0 Å². The Balaban J connectivity index is 1.73. The minimum absolute atomic E-state index is 0.261. The first-order valence-corrected chi connectivity index (χ1v) is 7.02. The molecule has 2 aliphatic heterocycles. The Labute approximate surface area is 116 Å². The lowest BCUT2D eigenvalue weighted by molar-refractivity contribution is 0.0922. The van der Waals surface area contributed by atoms with Crippen LogP contribution >= 0.6 is 0 Å². The van der Waals surface area contributed by atoms with E-state index < -0.39 is 0 Å². The molecule has 3 atom stereocenters. The van der Waals surface area contributed by atoms with Gasteiger partial charge in [0.05, 0.1) is 18.2 Å². The summed E-state index contributed by atoms with van der Waals surface area (Å²) in [5.41, 5.74) is 8.71. The first-order chi connectivity index (χ1) is 9.72. The second-order valence-corrected chi connectivity index (χ2v) is 5.70. The quantitative estimate of drug-likeness (QED) is 0.841. The molecule has 2 aliphatic rings. The van der Waals surface area contributed by atoms with Gasteiger partial charge in [0.1, 0.15) is 0 Å². The zero-order valence-electron chi connectivity index (χ0n) is 11.4. The molecule has 1 aromatic heterocycles. The van der Waals surface area contributed by atoms with Crippen LogP contribution in [0.1, 0.15) is 30.9 Å². The van der Waals surface area contributed by atoms with Gasteiger partial charge in [-0.1, -0.05) is 0 Å². The first-order valence-electron chi connectivity index (χ1n) is 7.02. The van der Waals surface area contributed by atoms with Crippen LogP contribution in [0.15, 0.2) is 18.2 Å². The normalized spacial score (nSPS) is 28.1. The number of nitrogens with two attached hydrogens (primary N) is 1. The van der Waals surface area contributed by atoms with Crippen molar-refractivity contribution >= 4 is 5.69 Å². The van der Waals surface area contributed by atoms with Crippen molar-refractivity contribution in [3.05, 3.63) is 23.8 Å². The van der Waals surface area contributed by atoms with Crippen molar-refractivity contribution in [2.45, 2.75) is 44.4 Å². The van der Waals surface area contributed by atoms with Crippen LogP contribution in [0.3, 0.4) is 0 Å². The summed E-state index contributed by atoms with van der Waals surface area (Å²) in [5.74, 6) is 0.800. The Kier molecular flexibility index (Phi) is 2.53. The molecule has 1 aromatic carbocycles. The summed E-state index contributed by atoms with van der Waals surface area (Å²) >= 11 is 0. The molecule has 0 aliphatic carbocycles. The van der Waals surface area contributed by atoms with Gasteiger partial charge < -0.3 is 10.5 Å². The van der Waals surface area contributed by atoms with Crippen molar-refractivity contribution in [1.82, 2.24) is 20.2 Å². The Bertz CT molecular complexity index is 653. The van der Waals surface area contributed by atoms with Crippen molar-refractivity contribution in [2.24, 2.45) is 0 Å². The zero-order chi connectivity index (χ0) is 13.7. The number of aromatic nitrogens is 4. The second-order valence-electron chi connectivity index (χ2n) is 5.70. The Morgan fingerprint density at radius 3 is 2.95 bits per heavy atom. The van der Waals surface area contributed by atoms with Crippen molar-refractivity contribution in [3.8, 4) is 11.4 Å².